The number of aliphatic hydroxyl groups excluding tert-OH is 1. The number of unbranched alkanes of at least 4 members (excludes halogenated alkanes) is 7. The molecule has 0 saturated heterocycles. The van der Waals surface area contributed by atoms with Crippen molar-refractivity contribution in [2.45, 2.75) is 83.8 Å². The highest BCUT2D eigenvalue weighted by Crippen LogP contribution is 2.10. The summed E-state index contributed by atoms with van der Waals surface area (Å²) in [4.78, 5) is 9.99. The number of nitrogens with one attached hydrogen (secondary N) is 1. The number of ether oxygens (including phenoxy) is 1. The predicted molar refractivity (Wildman–Crippen MR) is 155 cm³/mol. The Morgan fingerprint density at radius 1 is 0.872 bits per heavy atom. The Hall–Kier alpha value is -1.71. The molecule has 0 saturated carbocycles. The number of aryl methyl sites for hydroxylation is 1. The normalized spacial score (nSPS) is 12.4. The summed E-state index contributed by atoms with van der Waals surface area (Å²) in [6, 6.07) is 19.2. The van der Waals surface area contributed by atoms with Gasteiger partial charge in [0.15, 0.2) is 0 Å². The van der Waals surface area contributed by atoms with Crippen molar-refractivity contribution in [3.63, 3.8) is 0 Å². The van der Waals surface area contributed by atoms with Crippen LogP contribution in [-0.4, -0.2) is 45.1 Å². The molecule has 2 unspecified atom stereocenters. The zero-order valence-corrected chi connectivity index (χ0v) is 24.9. The molecule has 39 heavy (non-hydrogen) atoms. The summed E-state index contributed by atoms with van der Waals surface area (Å²) in [6.07, 6.45) is 10.4. The molecule has 220 valence electrons. The molecule has 0 aromatic heterocycles. The Morgan fingerprint density at radius 3 is 2.00 bits per heavy atom. The van der Waals surface area contributed by atoms with E-state index in [1.807, 2.05) is 60.7 Å². The molecule has 10 heteroatoms. The van der Waals surface area contributed by atoms with Crippen LogP contribution in [-0.2, 0) is 36.9 Å². The SMILES string of the molecule is CCCCCCCCCCS(=O)(=O)NC(CO)CCc1ccccc1.O=[P+]([O-])OCCOCc1ccccc1. The average molecular weight is 584 g/mol. The first-order valence-corrected chi connectivity index (χ1v) is 16.6. The molecule has 0 radical (unpaired) electrons. The molecule has 2 rings (SSSR count). The molecule has 0 bridgehead atoms. The van der Waals surface area contributed by atoms with Gasteiger partial charge < -0.3 is 14.7 Å². The van der Waals surface area contributed by atoms with E-state index in [0.717, 1.165) is 30.4 Å². The van der Waals surface area contributed by atoms with Crippen molar-refractivity contribution in [1.29, 1.82) is 0 Å². The van der Waals surface area contributed by atoms with Crippen LogP contribution >= 0.6 is 8.25 Å². The van der Waals surface area contributed by atoms with Crippen molar-refractivity contribution in [3.8, 4) is 0 Å². The topological polar surface area (TPSA) is 125 Å². The quantitative estimate of drug-likeness (QED) is 0.151. The second-order valence-corrected chi connectivity index (χ2v) is 12.0. The van der Waals surface area contributed by atoms with Crippen LogP contribution in [0.4, 0.5) is 0 Å². The van der Waals surface area contributed by atoms with Gasteiger partial charge >= 0.3 is 8.25 Å². The summed E-state index contributed by atoms with van der Waals surface area (Å²) >= 11 is 0. The molecule has 2 aromatic rings. The molecule has 8 nitrogen and oxygen atoms in total. The molecule has 2 aromatic carbocycles. The van der Waals surface area contributed by atoms with Gasteiger partial charge in [0.25, 0.3) is 0 Å². The number of hydrogen-bond donors (Lipinski definition) is 2. The van der Waals surface area contributed by atoms with E-state index in [4.69, 9.17) is 4.74 Å². The fraction of sp³-hybridized carbons (Fsp3) is 0.586. The van der Waals surface area contributed by atoms with Gasteiger partial charge in [-0.1, -0.05) is 113 Å². The maximum Gasteiger partial charge on any atom is 0.488 e. The van der Waals surface area contributed by atoms with Crippen LogP contribution in [0.15, 0.2) is 60.7 Å². The van der Waals surface area contributed by atoms with Gasteiger partial charge in [0.1, 0.15) is 6.61 Å². The third-order valence-corrected chi connectivity index (χ3v) is 7.91. The molecule has 0 aliphatic heterocycles. The summed E-state index contributed by atoms with van der Waals surface area (Å²) in [5.41, 5.74) is 2.21. The van der Waals surface area contributed by atoms with Gasteiger partial charge in [-0.25, -0.2) is 13.1 Å². The Balaban J connectivity index is 0.000000457. The third-order valence-electron chi connectivity index (χ3n) is 5.99. The van der Waals surface area contributed by atoms with Gasteiger partial charge in [0, 0.05) is 6.04 Å². The first-order valence-electron chi connectivity index (χ1n) is 13.9. The molecule has 0 amide bonds. The molecule has 0 spiro atoms. The zero-order valence-electron chi connectivity index (χ0n) is 23.2. The molecular formula is C29H46NO7PS. The number of aliphatic hydroxyl groups is 1. The Kier molecular flexibility index (Phi) is 20.9. The van der Waals surface area contributed by atoms with Gasteiger partial charge in [-0.05, 0) is 35.0 Å². The minimum absolute atomic E-state index is 0.0749. The van der Waals surface area contributed by atoms with E-state index in [-0.39, 0.29) is 25.6 Å². The van der Waals surface area contributed by atoms with Crippen molar-refractivity contribution in [3.05, 3.63) is 71.8 Å². The van der Waals surface area contributed by atoms with Gasteiger partial charge in [-0.15, -0.1) is 4.52 Å². The molecule has 0 fully saturated rings. The number of rotatable bonds is 21. The summed E-state index contributed by atoms with van der Waals surface area (Å²) < 4.78 is 46.5. The molecule has 2 N–H and O–H groups in total. The van der Waals surface area contributed by atoms with Crippen molar-refractivity contribution in [2.24, 2.45) is 0 Å². The van der Waals surface area contributed by atoms with Crippen LogP contribution in [0.5, 0.6) is 0 Å². The van der Waals surface area contributed by atoms with E-state index in [0.29, 0.717) is 19.4 Å². The highest BCUT2D eigenvalue weighted by atomic mass is 32.2. The van der Waals surface area contributed by atoms with E-state index in [1.165, 1.54) is 32.1 Å². The standard InChI is InChI=1S/C20H35NO3S.C9H11O4P/c1-2-3-4-5-6-7-8-12-17-25(23,24)21-20(18-22)16-15-19-13-10-9-11-14-19;10-14(11)13-7-6-12-8-9-4-2-1-3-5-9/h9-11,13-14,20-22H,2-8,12,15-18H2,1H3;1-5H,6-8H2. The van der Waals surface area contributed by atoms with E-state index >= 15 is 0 Å². The fourth-order valence-corrected chi connectivity index (χ4v) is 5.47. The van der Waals surface area contributed by atoms with Gasteiger partial charge in [0.05, 0.1) is 25.6 Å². The van der Waals surface area contributed by atoms with Crippen molar-refractivity contribution in [2.75, 3.05) is 25.6 Å². The van der Waals surface area contributed by atoms with Gasteiger partial charge in [0.2, 0.25) is 10.0 Å². The van der Waals surface area contributed by atoms with Crippen molar-refractivity contribution >= 4 is 18.3 Å². The van der Waals surface area contributed by atoms with E-state index in [1.54, 1.807) is 0 Å². The van der Waals surface area contributed by atoms with Crippen LogP contribution in [0, 0.1) is 0 Å². The van der Waals surface area contributed by atoms with Gasteiger partial charge in [-0.2, -0.15) is 0 Å². The smallest absolute Gasteiger partial charge is 0.488 e. The molecule has 0 heterocycles. The lowest BCUT2D eigenvalue weighted by Crippen LogP contribution is -2.39. The van der Waals surface area contributed by atoms with Crippen LogP contribution in [0.2, 0.25) is 0 Å². The lowest BCUT2D eigenvalue weighted by Gasteiger charge is -2.16. The third kappa shape index (κ3) is 20.8. The largest absolute Gasteiger partial charge is 0.566 e. The molecule has 2 atom stereocenters. The highest BCUT2D eigenvalue weighted by Gasteiger charge is 2.17. The molecule has 0 aliphatic carbocycles. The zero-order chi connectivity index (χ0) is 28.6. The maximum atomic E-state index is 12.2. The monoisotopic (exact) mass is 583 g/mol. The Morgan fingerprint density at radius 2 is 1.44 bits per heavy atom. The Bertz CT molecular complexity index is 962. The molecule has 0 aliphatic rings. The van der Waals surface area contributed by atoms with Crippen LogP contribution < -0.4 is 9.62 Å². The summed E-state index contributed by atoms with van der Waals surface area (Å²) in [7, 11) is -6.06. The second-order valence-electron chi connectivity index (χ2n) is 9.41. The van der Waals surface area contributed by atoms with E-state index < -0.39 is 24.3 Å². The number of hydrogen-bond acceptors (Lipinski definition) is 7. The van der Waals surface area contributed by atoms with Crippen molar-refractivity contribution < 1.29 is 32.2 Å². The first kappa shape index (κ1) is 35.3. The van der Waals surface area contributed by atoms with Crippen LogP contribution in [0.3, 0.4) is 0 Å². The minimum Gasteiger partial charge on any atom is -0.566 e. The lowest BCUT2D eigenvalue weighted by atomic mass is 10.1. The minimum atomic E-state index is -3.31. The second kappa shape index (κ2) is 23.0. The predicted octanol–water partition coefficient (Wildman–Crippen LogP) is 5.28. The summed E-state index contributed by atoms with van der Waals surface area (Å²) in [5.74, 6) is 0.157. The van der Waals surface area contributed by atoms with Crippen LogP contribution in [0.25, 0.3) is 0 Å². The Labute approximate surface area is 236 Å². The highest BCUT2D eigenvalue weighted by molar-refractivity contribution is 7.89. The summed E-state index contributed by atoms with van der Waals surface area (Å²) in [5, 5.41) is 9.45. The number of sulfonamides is 1. The van der Waals surface area contributed by atoms with E-state index in [2.05, 4.69) is 16.2 Å². The average Bonchev–Trinajstić information content (AvgIpc) is 2.93. The fourth-order valence-electron chi connectivity index (χ4n) is 3.85. The molecular weight excluding hydrogens is 537 g/mol. The van der Waals surface area contributed by atoms with Gasteiger partial charge in [-0.3, -0.25) is 0 Å². The van der Waals surface area contributed by atoms with Crippen LogP contribution in [0.1, 0.15) is 75.8 Å². The number of benzene rings is 2. The van der Waals surface area contributed by atoms with E-state index in [9.17, 15) is 23.0 Å². The lowest BCUT2D eigenvalue weighted by molar-refractivity contribution is -0.186. The van der Waals surface area contributed by atoms with Crippen molar-refractivity contribution in [1.82, 2.24) is 4.72 Å². The summed E-state index contributed by atoms with van der Waals surface area (Å²) in [6.45, 7) is 2.87. The maximum absolute atomic E-state index is 12.2. The first-order chi connectivity index (χ1) is 18.9.